The van der Waals surface area contributed by atoms with Crippen molar-refractivity contribution in [3.63, 3.8) is 0 Å². The van der Waals surface area contributed by atoms with Crippen LogP contribution in [0.4, 0.5) is 14.9 Å². The van der Waals surface area contributed by atoms with Crippen LogP contribution in [0, 0.1) is 5.82 Å². The Morgan fingerprint density at radius 2 is 1.83 bits per heavy atom. The lowest BCUT2D eigenvalue weighted by Crippen LogP contribution is -2.41. The first-order valence-corrected chi connectivity index (χ1v) is 9.56. The number of urea groups is 1. The van der Waals surface area contributed by atoms with E-state index in [9.17, 15) is 23.6 Å². The molecule has 1 atom stereocenters. The van der Waals surface area contributed by atoms with E-state index < -0.39 is 35.6 Å². The zero-order valence-electron chi connectivity index (χ0n) is 16.3. The van der Waals surface area contributed by atoms with Crippen molar-refractivity contribution in [2.24, 2.45) is 0 Å². The van der Waals surface area contributed by atoms with E-state index in [1.165, 1.54) is 25.1 Å². The number of Topliss-reactive ketones (excluding diaryl/α,β-unsaturated/α-hetero) is 1. The first-order chi connectivity index (χ1) is 14.2. The van der Waals surface area contributed by atoms with Crippen molar-refractivity contribution in [3.8, 4) is 0 Å². The monoisotopic (exact) mass is 431 g/mol. The van der Waals surface area contributed by atoms with E-state index in [1.54, 1.807) is 19.1 Å². The highest BCUT2D eigenvalue weighted by Gasteiger charge is 2.50. The zero-order valence-corrected chi connectivity index (χ0v) is 17.0. The van der Waals surface area contributed by atoms with E-state index in [1.807, 2.05) is 0 Å². The number of carbonyl (C=O) groups excluding carboxylic acids is 4. The third kappa shape index (κ3) is 4.04. The van der Waals surface area contributed by atoms with E-state index in [4.69, 9.17) is 11.6 Å². The summed E-state index contributed by atoms with van der Waals surface area (Å²) in [7, 11) is 0. The molecule has 2 aromatic carbocycles. The van der Waals surface area contributed by atoms with Gasteiger partial charge in [0.1, 0.15) is 11.4 Å². The smallest absolute Gasteiger partial charge is 0.325 e. The van der Waals surface area contributed by atoms with E-state index in [0.29, 0.717) is 12.1 Å². The summed E-state index contributed by atoms with van der Waals surface area (Å²) in [6.07, 6.45) is 0.323. The Morgan fingerprint density at radius 3 is 2.43 bits per heavy atom. The second-order valence-electron chi connectivity index (χ2n) is 6.97. The van der Waals surface area contributed by atoms with Gasteiger partial charge in [-0.15, -0.1) is 0 Å². The van der Waals surface area contributed by atoms with Crippen LogP contribution in [0.3, 0.4) is 0 Å². The highest BCUT2D eigenvalue weighted by molar-refractivity contribution is 6.32. The number of rotatable bonds is 6. The van der Waals surface area contributed by atoms with Crippen molar-refractivity contribution >= 4 is 40.9 Å². The standard InChI is InChI=1S/C21H19ClFN3O4/c1-3-18(28)24-14-7-4-12(5-8-14)17(27)11-26-19(29)21(2,25-20(26)30)15-9-6-13(23)10-16(15)22/h4-10H,3,11H2,1-2H3,(H,24,28)(H,25,30). The van der Waals surface area contributed by atoms with Gasteiger partial charge in [0.15, 0.2) is 5.78 Å². The summed E-state index contributed by atoms with van der Waals surface area (Å²) in [5.41, 5.74) is -0.475. The molecule has 1 aliphatic heterocycles. The molecule has 9 heteroatoms. The van der Waals surface area contributed by atoms with Crippen molar-refractivity contribution in [2.45, 2.75) is 25.8 Å². The number of hydrogen-bond donors (Lipinski definition) is 2. The Hall–Kier alpha value is -3.26. The van der Waals surface area contributed by atoms with Crippen LogP contribution in [-0.2, 0) is 15.1 Å². The molecular formula is C21H19ClFN3O4. The topological polar surface area (TPSA) is 95.6 Å². The summed E-state index contributed by atoms with van der Waals surface area (Å²) >= 11 is 6.06. The largest absolute Gasteiger partial charge is 0.326 e. The lowest BCUT2D eigenvalue weighted by molar-refractivity contribution is -0.130. The average Bonchev–Trinajstić information content (AvgIpc) is 2.91. The molecular weight excluding hydrogens is 413 g/mol. The number of ketones is 1. The fraction of sp³-hybridized carbons (Fsp3) is 0.238. The van der Waals surface area contributed by atoms with Gasteiger partial charge < -0.3 is 10.6 Å². The number of benzene rings is 2. The molecule has 0 aliphatic carbocycles. The molecule has 0 spiro atoms. The van der Waals surface area contributed by atoms with Gasteiger partial charge in [0.05, 0.1) is 6.54 Å². The minimum absolute atomic E-state index is 0.0101. The predicted molar refractivity (Wildman–Crippen MR) is 109 cm³/mol. The van der Waals surface area contributed by atoms with Crippen LogP contribution in [-0.4, -0.2) is 35.1 Å². The molecule has 3 rings (SSSR count). The third-order valence-electron chi connectivity index (χ3n) is 4.86. The highest BCUT2D eigenvalue weighted by atomic mass is 35.5. The second-order valence-corrected chi connectivity index (χ2v) is 7.38. The summed E-state index contributed by atoms with van der Waals surface area (Å²) in [6, 6.07) is 8.90. The van der Waals surface area contributed by atoms with Crippen LogP contribution in [0.5, 0.6) is 0 Å². The van der Waals surface area contributed by atoms with Crippen molar-refractivity contribution in [1.82, 2.24) is 10.2 Å². The maximum Gasteiger partial charge on any atom is 0.325 e. The number of anilines is 1. The lowest BCUT2D eigenvalue weighted by Gasteiger charge is -2.23. The lowest BCUT2D eigenvalue weighted by atomic mass is 9.92. The number of carbonyl (C=O) groups is 4. The maximum atomic E-state index is 13.4. The predicted octanol–water partition coefficient (Wildman–Crippen LogP) is 3.48. The summed E-state index contributed by atoms with van der Waals surface area (Å²) in [6.45, 7) is 2.69. The Balaban J connectivity index is 1.77. The van der Waals surface area contributed by atoms with Gasteiger partial charge in [0.25, 0.3) is 5.91 Å². The molecule has 1 aliphatic rings. The van der Waals surface area contributed by atoms with Crippen LogP contribution >= 0.6 is 11.6 Å². The van der Waals surface area contributed by atoms with E-state index in [0.717, 1.165) is 17.0 Å². The Labute approximate surface area is 177 Å². The molecule has 30 heavy (non-hydrogen) atoms. The Kier molecular flexibility index (Phi) is 5.89. The minimum atomic E-state index is -1.52. The second kappa shape index (κ2) is 8.23. The van der Waals surface area contributed by atoms with E-state index in [2.05, 4.69) is 10.6 Å². The number of hydrogen-bond acceptors (Lipinski definition) is 4. The molecule has 1 heterocycles. The molecule has 1 unspecified atom stereocenters. The number of nitrogens with one attached hydrogen (secondary N) is 2. The summed E-state index contributed by atoms with van der Waals surface area (Å²) in [5.74, 6) is -1.86. The molecule has 1 saturated heterocycles. The molecule has 0 radical (unpaired) electrons. The average molecular weight is 432 g/mol. The maximum absolute atomic E-state index is 13.4. The molecule has 156 valence electrons. The number of nitrogens with zero attached hydrogens (tertiary/aromatic N) is 1. The number of imide groups is 1. The normalized spacial score (nSPS) is 18.3. The first kappa shape index (κ1) is 21.4. The molecule has 2 N–H and O–H groups in total. The number of amides is 4. The van der Waals surface area contributed by atoms with Crippen LogP contribution < -0.4 is 10.6 Å². The van der Waals surface area contributed by atoms with Crippen LogP contribution in [0.25, 0.3) is 0 Å². The van der Waals surface area contributed by atoms with Gasteiger partial charge in [-0.1, -0.05) is 24.6 Å². The zero-order chi connectivity index (χ0) is 22.1. The molecule has 0 bridgehead atoms. The Morgan fingerprint density at radius 1 is 1.17 bits per heavy atom. The molecule has 4 amide bonds. The van der Waals surface area contributed by atoms with Gasteiger partial charge in [-0.2, -0.15) is 0 Å². The number of halogens is 2. The van der Waals surface area contributed by atoms with Gasteiger partial charge in [-0.3, -0.25) is 19.3 Å². The van der Waals surface area contributed by atoms with Crippen LogP contribution in [0.1, 0.15) is 36.2 Å². The van der Waals surface area contributed by atoms with Crippen molar-refractivity contribution in [2.75, 3.05) is 11.9 Å². The third-order valence-corrected chi connectivity index (χ3v) is 5.17. The molecule has 0 aromatic heterocycles. The van der Waals surface area contributed by atoms with Gasteiger partial charge in [-0.25, -0.2) is 9.18 Å². The van der Waals surface area contributed by atoms with E-state index in [-0.39, 0.29) is 22.1 Å². The van der Waals surface area contributed by atoms with Crippen LogP contribution in [0.2, 0.25) is 5.02 Å². The summed E-state index contributed by atoms with van der Waals surface area (Å²) < 4.78 is 13.4. The molecule has 1 fully saturated rings. The van der Waals surface area contributed by atoms with Gasteiger partial charge in [-0.05, 0) is 43.3 Å². The van der Waals surface area contributed by atoms with Crippen LogP contribution in [0.15, 0.2) is 42.5 Å². The highest BCUT2D eigenvalue weighted by Crippen LogP contribution is 2.34. The van der Waals surface area contributed by atoms with E-state index >= 15 is 0 Å². The SMILES string of the molecule is CCC(=O)Nc1ccc(C(=O)CN2C(=O)NC(C)(c3ccc(F)cc3Cl)C2=O)cc1. The fourth-order valence-electron chi connectivity index (χ4n) is 3.14. The Bertz CT molecular complexity index is 1040. The fourth-order valence-corrected chi connectivity index (χ4v) is 3.50. The first-order valence-electron chi connectivity index (χ1n) is 9.18. The van der Waals surface area contributed by atoms with Gasteiger partial charge >= 0.3 is 6.03 Å². The molecule has 7 nitrogen and oxygen atoms in total. The molecule has 2 aromatic rings. The quantitative estimate of drug-likeness (QED) is 0.540. The van der Waals surface area contributed by atoms with Crippen molar-refractivity contribution in [3.05, 3.63) is 64.4 Å². The van der Waals surface area contributed by atoms with Gasteiger partial charge in [0, 0.05) is 28.3 Å². The minimum Gasteiger partial charge on any atom is -0.326 e. The van der Waals surface area contributed by atoms with Crippen molar-refractivity contribution in [1.29, 1.82) is 0 Å². The summed E-state index contributed by atoms with van der Waals surface area (Å²) in [5, 5.41) is 5.19. The molecule has 0 saturated carbocycles. The van der Waals surface area contributed by atoms with Gasteiger partial charge in [0.2, 0.25) is 5.91 Å². The summed E-state index contributed by atoms with van der Waals surface area (Å²) in [4.78, 5) is 50.2. The van der Waals surface area contributed by atoms with Crippen molar-refractivity contribution < 1.29 is 23.6 Å².